The number of H-pyrrole nitrogens is 2. The van der Waals surface area contributed by atoms with Gasteiger partial charge in [-0.2, -0.15) is 10.1 Å². The number of para-hydroxylation sites is 1. The molecule has 1 heterocycles. The summed E-state index contributed by atoms with van der Waals surface area (Å²) in [5, 5.41) is 10.2. The van der Waals surface area contributed by atoms with Crippen LogP contribution in [0.2, 0.25) is 5.02 Å². The number of benzene rings is 2. The predicted molar refractivity (Wildman–Crippen MR) is 97.2 cm³/mol. The maximum Gasteiger partial charge on any atom is 0.238 e. The SMILES string of the molecule is S=c1nc(N/N=C\c2ccccc2OCc2ccccc2Cl)[nH][nH]1. The highest BCUT2D eigenvalue weighted by molar-refractivity contribution is 7.71. The quantitative estimate of drug-likeness (QED) is 0.351. The van der Waals surface area contributed by atoms with Crippen LogP contribution in [0, 0.1) is 4.77 Å². The minimum absolute atomic E-state index is 0.358. The van der Waals surface area contributed by atoms with E-state index in [9.17, 15) is 0 Å². The summed E-state index contributed by atoms with van der Waals surface area (Å²) in [5.74, 6) is 1.14. The minimum Gasteiger partial charge on any atom is -0.488 e. The first-order valence-electron chi connectivity index (χ1n) is 7.11. The molecule has 3 N–H and O–H groups in total. The first-order valence-corrected chi connectivity index (χ1v) is 7.90. The van der Waals surface area contributed by atoms with Crippen LogP contribution in [0.4, 0.5) is 5.95 Å². The summed E-state index contributed by atoms with van der Waals surface area (Å²) in [6, 6.07) is 15.2. The van der Waals surface area contributed by atoms with Gasteiger partial charge in [0.15, 0.2) is 0 Å². The van der Waals surface area contributed by atoms with Crippen LogP contribution in [0.25, 0.3) is 0 Å². The number of hydrazone groups is 1. The molecule has 0 spiro atoms. The molecule has 0 aliphatic heterocycles. The van der Waals surface area contributed by atoms with Crippen molar-refractivity contribution in [2.75, 3.05) is 5.43 Å². The highest BCUT2D eigenvalue weighted by Crippen LogP contribution is 2.20. The van der Waals surface area contributed by atoms with Crippen molar-refractivity contribution < 1.29 is 4.74 Å². The predicted octanol–water partition coefficient (Wildman–Crippen LogP) is 4.15. The maximum atomic E-state index is 6.15. The molecule has 0 radical (unpaired) electrons. The second-order valence-corrected chi connectivity index (χ2v) is 5.60. The summed E-state index contributed by atoms with van der Waals surface area (Å²) in [4.78, 5) is 3.98. The van der Waals surface area contributed by atoms with E-state index in [0.29, 0.717) is 28.1 Å². The van der Waals surface area contributed by atoms with Gasteiger partial charge in [-0.1, -0.05) is 41.9 Å². The molecule has 0 fully saturated rings. The van der Waals surface area contributed by atoms with Crippen LogP contribution in [-0.2, 0) is 6.61 Å². The monoisotopic (exact) mass is 359 g/mol. The number of nitrogens with one attached hydrogen (secondary N) is 3. The van der Waals surface area contributed by atoms with Gasteiger partial charge in [0.1, 0.15) is 12.4 Å². The second kappa shape index (κ2) is 7.76. The van der Waals surface area contributed by atoms with Gasteiger partial charge in [0, 0.05) is 16.1 Å². The molecule has 0 bridgehead atoms. The average molecular weight is 360 g/mol. The molecule has 8 heteroatoms. The summed E-state index contributed by atoms with van der Waals surface area (Å²) < 4.78 is 6.22. The smallest absolute Gasteiger partial charge is 0.238 e. The van der Waals surface area contributed by atoms with Gasteiger partial charge in [-0.3, -0.25) is 10.2 Å². The largest absolute Gasteiger partial charge is 0.488 e. The van der Waals surface area contributed by atoms with Gasteiger partial charge in [0.2, 0.25) is 10.7 Å². The average Bonchev–Trinajstić information content (AvgIpc) is 3.00. The first kappa shape index (κ1) is 16.2. The fourth-order valence-electron chi connectivity index (χ4n) is 1.98. The Morgan fingerprint density at radius 3 is 2.75 bits per heavy atom. The van der Waals surface area contributed by atoms with Crippen LogP contribution < -0.4 is 10.2 Å². The molecule has 0 saturated carbocycles. The van der Waals surface area contributed by atoms with Crippen LogP contribution >= 0.6 is 23.8 Å². The summed E-state index contributed by atoms with van der Waals surface area (Å²) in [6.45, 7) is 0.379. The number of rotatable bonds is 6. The molecule has 0 aliphatic carbocycles. The molecule has 1 aromatic heterocycles. The summed E-state index contributed by atoms with van der Waals surface area (Å²) in [6.07, 6.45) is 1.65. The van der Waals surface area contributed by atoms with Gasteiger partial charge in [0.05, 0.1) is 6.21 Å². The zero-order valence-corrected chi connectivity index (χ0v) is 14.1. The zero-order chi connectivity index (χ0) is 16.8. The van der Waals surface area contributed by atoms with Crippen molar-refractivity contribution in [3.63, 3.8) is 0 Å². The molecule has 6 nitrogen and oxygen atoms in total. The molecule has 2 aromatic carbocycles. The third kappa shape index (κ3) is 4.21. The number of aromatic nitrogens is 3. The topological polar surface area (TPSA) is 78.1 Å². The van der Waals surface area contributed by atoms with E-state index < -0.39 is 0 Å². The fraction of sp³-hybridized carbons (Fsp3) is 0.0625. The van der Waals surface area contributed by atoms with Crippen LogP contribution in [-0.4, -0.2) is 21.4 Å². The lowest BCUT2D eigenvalue weighted by atomic mass is 10.2. The van der Waals surface area contributed by atoms with Crippen LogP contribution in [0.5, 0.6) is 5.75 Å². The number of aromatic amines is 2. The first-order chi connectivity index (χ1) is 11.7. The Labute approximate surface area is 148 Å². The summed E-state index contributed by atoms with van der Waals surface area (Å²) in [7, 11) is 0. The number of halogens is 1. The lowest BCUT2D eigenvalue weighted by Crippen LogP contribution is -2.00. The van der Waals surface area contributed by atoms with E-state index in [1.54, 1.807) is 6.21 Å². The van der Waals surface area contributed by atoms with Gasteiger partial charge in [-0.15, -0.1) is 0 Å². The van der Waals surface area contributed by atoms with E-state index in [1.807, 2.05) is 48.5 Å². The Bertz CT molecular complexity index is 905. The molecule has 24 heavy (non-hydrogen) atoms. The Balaban J connectivity index is 1.68. The Morgan fingerprint density at radius 1 is 1.17 bits per heavy atom. The van der Waals surface area contributed by atoms with Crippen molar-refractivity contribution in [2.45, 2.75) is 6.61 Å². The molecule has 0 amide bonds. The number of hydrogen-bond donors (Lipinski definition) is 3. The van der Waals surface area contributed by atoms with Crippen molar-refractivity contribution in [3.05, 3.63) is 69.5 Å². The highest BCUT2D eigenvalue weighted by Gasteiger charge is 2.04. The van der Waals surface area contributed by atoms with E-state index in [2.05, 4.69) is 25.7 Å². The third-order valence-corrected chi connectivity index (χ3v) is 3.70. The maximum absolute atomic E-state index is 6.15. The van der Waals surface area contributed by atoms with Crippen LogP contribution in [0.1, 0.15) is 11.1 Å². The van der Waals surface area contributed by atoms with E-state index in [4.69, 9.17) is 28.6 Å². The molecule has 0 saturated heterocycles. The minimum atomic E-state index is 0.358. The molecular weight excluding hydrogens is 346 g/mol. The zero-order valence-electron chi connectivity index (χ0n) is 12.5. The molecular formula is C16H14ClN5OS. The Morgan fingerprint density at radius 2 is 1.96 bits per heavy atom. The second-order valence-electron chi connectivity index (χ2n) is 4.80. The highest BCUT2D eigenvalue weighted by atomic mass is 35.5. The fourth-order valence-corrected chi connectivity index (χ4v) is 2.31. The van der Waals surface area contributed by atoms with Gasteiger partial charge < -0.3 is 4.74 Å². The summed E-state index contributed by atoms with van der Waals surface area (Å²) in [5.41, 5.74) is 4.50. The summed E-state index contributed by atoms with van der Waals surface area (Å²) >= 11 is 11.0. The van der Waals surface area contributed by atoms with E-state index in [-0.39, 0.29) is 0 Å². The van der Waals surface area contributed by atoms with Crippen molar-refractivity contribution in [2.24, 2.45) is 5.10 Å². The van der Waals surface area contributed by atoms with Crippen molar-refractivity contribution in [1.82, 2.24) is 15.2 Å². The van der Waals surface area contributed by atoms with Gasteiger partial charge >= 0.3 is 0 Å². The van der Waals surface area contributed by atoms with E-state index in [1.165, 1.54) is 0 Å². The van der Waals surface area contributed by atoms with Crippen LogP contribution in [0.15, 0.2) is 53.6 Å². The number of ether oxygens (including phenoxy) is 1. The van der Waals surface area contributed by atoms with Crippen molar-refractivity contribution >= 4 is 36.0 Å². The molecule has 3 rings (SSSR count). The molecule has 122 valence electrons. The van der Waals surface area contributed by atoms with E-state index in [0.717, 1.165) is 11.1 Å². The molecule has 0 atom stereocenters. The van der Waals surface area contributed by atoms with Crippen molar-refractivity contribution in [3.8, 4) is 5.75 Å². The normalized spacial score (nSPS) is 10.9. The standard InChI is InChI=1S/C16H14ClN5OS/c17-13-7-3-1-6-12(13)10-23-14-8-4-2-5-11(14)9-18-20-15-19-16(24)22-21-15/h1-9H,10H2,(H3,19,20,21,22,24)/b18-9-. The number of hydrogen-bond acceptors (Lipinski definition) is 5. The third-order valence-electron chi connectivity index (χ3n) is 3.14. The van der Waals surface area contributed by atoms with Crippen molar-refractivity contribution in [1.29, 1.82) is 0 Å². The van der Waals surface area contributed by atoms with E-state index >= 15 is 0 Å². The lowest BCUT2D eigenvalue weighted by molar-refractivity contribution is 0.306. The molecule has 3 aromatic rings. The molecule has 0 aliphatic rings. The lowest BCUT2D eigenvalue weighted by Gasteiger charge is -2.10. The molecule has 0 unspecified atom stereocenters. The van der Waals surface area contributed by atoms with Gasteiger partial charge in [-0.05, 0) is 30.4 Å². The Kier molecular flexibility index (Phi) is 5.25. The Hall–Kier alpha value is -2.64. The number of nitrogens with zero attached hydrogens (tertiary/aromatic N) is 2. The number of anilines is 1. The van der Waals surface area contributed by atoms with Gasteiger partial charge in [0.25, 0.3) is 0 Å². The van der Waals surface area contributed by atoms with Gasteiger partial charge in [-0.25, -0.2) is 5.43 Å². The van der Waals surface area contributed by atoms with Crippen LogP contribution in [0.3, 0.4) is 0 Å².